The summed E-state index contributed by atoms with van der Waals surface area (Å²) in [6.07, 6.45) is 1.37. The first-order valence-electron chi connectivity index (χ1n) is 6.30. The first-order valence-corrected chi connectivity index (χ1v) is 6.30. The Balaban J connectivity index is 1.94. The van der Waals surface area contributed by atoms with Crippen LogP contribution in [0.4, 0.5) is 0 Å². The Morgan fingerprint density at radius 1 is 1.35 bits per heavy atom. The van der Waals surface area contributed by atoms with Gasteiger partial charge in [0.15, 0.2) is 0 Å². The molecule has 0 N–H and O–H groups in total. The Labute approximate surface area is 104 Å². The van der Waals surface area contributed by atoms with Crippen LogP contribution in [-0.2, 0) is 0 Å². The van der Waals surface area contributed by atoms with E-state index in [2.05, 4.69) is 30.7 Å². The van der Waals surface area contributed by atoms with Gasteiger partial charge in [0, 0.05) is 30.4 Å². The molecule has 2 rings (SSSR count). The predicted octanol–water partition coefficient (Wildman–Crippen LogP) is 2.64. The third kappa shape index (κ3) is 3.19. The highest BCUT2D eigenvalue weighted by molar-refractivity contribution is 5.15. The molecular formula is C14H22N2O. The highest BCUT2D eigenvalue weighted by Crippen LogP contribution is 2.23. The van der Waals surface area contributed by atoms with Crippen LogP contribution in [0.2, 0.25) is 0 Å². The monoisotopic (exact) mass is 234 g/mol. The minimum atomic E-state index is 0.234. The Kier molecular flexibility index (Phi) is 3.38. The fourth-order valence-corrected chi connectivity index (χ4v) is 2.19. The van der Waals surface area contributed by atoms with Crippen LogP contribution >= 0.6 is 0 Å². The molecule has 1 unspecified atom stereocenters. The molecule has 0 saturated carbocycles. The van der Waals surface area contributed by atoms with Crippen molar-refractivity contribution in [2.24, 2.45) is 0 Å². The lowest BCUT2D eigenvalue weighted by atomic mass is 10.1. The molecule has 3 nitrogen and oxygen atoms in total. The van der Waals surface area contributed by atoms with Gasteiger partial charge in [0.05, 0.1) is 0 Å². The van der Waals surface area contributed by atoms with Crippen molar-refractivity contribution in [3.8, 4) is 5.88 Å². The Hall–Kier alpha value is -1.09. The van der Waals surface area contributed by atoms with E-state index in [0.29, 0.717) is 0 Å². The summed E-state index contributed by atoms with van der Waals surface area (Å²) < 4.78 is 5.93. The first-order chi connectivity index (χ1) is 7.95. The quantitative estimate of drug-likeness (QED) is 0.786. The third-order valence-electron chi connectivity index (χ3n) is 3.24. The number of hydrogen-bond donors (Lipinski definition) is 0. The number of aryl methyl sites for hydroxylation is 1. The van der Waals surface area contributed by atoms with Gasteiger partial charge in [-0.3, -0.25) is 4.90 Å². The molecule has 1 atom stereocenters. The van der Waals surface area contributed by atoms with Crippen molar-refractivity contribution in [1.29, 1.82) is 0 Å². The molecule has 1 saturated heterocycles. The second-order valence-corrected chi connectivity index (χ2v) is 5.76. The van der Waals surface area contributed by atoms with E-state index in [1.807, 2.05) is 25.1 Å². The molecule has 0 aromatic carbocycles. The number of rotatable bonds is 2. The maximum atomic E-state index is 5.93. The number of aromatic nitrogens is 1. The summed E-state index contributed by atoms with van der Waals surface area (Å²) in [5.41, 5.74) is 1.24. The molecule has 0 amide bonds. The second-order valence-electron chi connectivity index (χ2n) is 5.76. The van der Waals surface area contributed by atoms with Gasteiger partial charge >= 0.3 is 0 Å². The number of hydrogen-bond acceptors (Lipinski definition) is 3. The molecule has 1 aromatic heterocycles. The number of pyridine rings is 1. The van der Waals surface area contributed by atoms with Gasteiger partial charge in [-0.05, 0) is 40.2 Å². The summed E-state index contributed by atoms with van der Waals surface area (Å²) in [6.45, 7) is 10.9. The fourth-order valence-electron chi connectivity index (χ4n) is 2.19. The van der Waals surface area contributed by atoms with Crippen molar-refractivity contribution < 1.29 is 4.74 Å². The van der Waals surface area contributed by atoms with Crippen molar-refractivity contribution in [2.45, 2.75) is 45.8 Å². The highest BCUT2D eigenvalue weighted by Gasteiger charge is 2.31. The summed E-state index contributed by atoms with van der Waals surface area (Å²) in [5.74, 6) is 0.755. The minimum absolute atomic E-state index is 0.234. The molecular weight excluding hydrogens is 212 g/mol. The lowest BCUT2D eigenvalue weighted by Crippen LogP contribution is -2.40. The van der Waals surface area contributed by atoms with E-state index in [4.69, 9.17) is 4.74 Å². The minimum Gasteiger partial charge on any atom is -0.473 e. The van der Waals surface area contributed by atoms with Crippen LogP contribution < -0.4 is 4.74 Å². The molecule has 2 heterocycles. The van der Waals surface area contributed by atoms with Crippen LogP contribution in [-0.4, -0.2) is 34.6 Å². The lowest BCUT2D eigenvalue weighted by Gasteiger charge is -2.31. The van der Waals surface area contributed by atoms with E-state index < -0.39 is 0 Å². The van der Waals surface area contributed by atoms with Crippen LogP contribution in [0.15, 0.2) is 18.2 Å². The van der Waals surface area contributed by atoms with Crippen LogP contribution in [0.5, 0.6) is 5.88 Å². The molecule has 3 heteroatoms. The zero-order valence-corrected chi connectivity index (χ0v) is 11.2. The van der Waals surface area contributed by atoms with E-state index in [9.17, 15) is 0 Å². The zero-order valence-electron chi connectivity index (χ0n) is 11.2. The summed E-state index contributed by atoms with van der Waals surface area (Å²) in [5, 5.41) is 0. The Morgan fingerprint density at radius 3 is 2.71 bits per heavy atom. The van der Waals surface area contributed by atoms with Gasteiger partial charge in [0.25, 0.3) is 0 Å². The topological polar surface area (TPSA) is 25.4 Å². The van der Waals surface area contributed by atoms with Crippen LogP contribution in [0, 0.1) is 6.92 Å². The largest absolute Gasteiger partial charge is 0.473 e. The lowest BCUT2D eigenvalue weighted by molar-refractivity contribution is 0.138. The highest BCUT2D eigenvalue weighted by atomic mass is 16.5. The molecule has 1 fully saturated rings. The molecule has 1 aromatic rings. The molecule has 0 radical (unpaired) electrons. The van der Waals surface area contributed by atoms with E-state index >= 15 is 0 Å². The third-order valence-corrected chi connectivity index (χ3v) is 3.24. The van der Waals surface area contributed by atoms with Gasteiger partial charge in [-0.15, -0.1) is 0 Å². The normalized spacial score (nSPS) is 21.8. The summed E-state index contributed by atoms with van der Waals surface area (Å²) in [6, 6.07) is 5.92. The van der Waals surface area contributed by atoms with Gasteiger partial charge in [-0.2, -0.15) is 0 Å². The van der Waals surface area contributed by atoms with Crippen molar-refractivity contribution in [1.82, 2.24) is 9.88 Å². The van der Waals surface area contributed by atoms with Crippen LogP contribution in [0.25, 0.3) is 0 Å². The molecule has 0 spiro atoms. The predicted molar refractivity (Wildman–Crippen MR) is 69.3 cm³/mol. The van der Waals surface area contributed by atoms with E-state index in [1.54, 1.807) is 0 Å². The summed E-state index contributed by atoms with van der Waals surface area (Å²) >= 11 is 0. The maximum Gasteiger partial charge on any atom is 0.213 e. The van der Waals surface area contributed by atoms with Gasteiger partial charge in [0.2, 0.25) is 5.88 Å². The first kappa shape index (κ1) is 12.4. The summed E-state index contributed by atoms with van der Waals surface area (Å²) in [4.78, 5) is 6.85. The van der Waals surface area contributed by atoms with Gasteiger partial charge in [-0.1, -0.05) is 6.07 Å². The van der Waals surface area contributed by atoms with Crippen LogP contribution in [0.3, 0.4) is 0 Å². The van der Waals surface area contributed by atoms with Gasteiger partial charge in [0.1, 0.15) is 6.10 Å². The van der Waals surface area contributed by atoms with E-state index in [1.165, 1.54) is 0 Å². The molecule has 17 heavy (non-hydrogen) atoms. The fraction of sp³-hybridized carbons (Fsp3) is 0.643. The van der Waals surface area contributed by atoms with Gasteiger partial charge < -0.3 is 4.74 Å². The molecule has 0 aliphatic carbocycles. The second kappa shape index (κ2) is 4.65. The standard InChI is InChI=1S/C14H22N2O/c1-11-6-5-7-13(15-11)17-12-8-9-16(10-12)14(2,3)4/h5-7,12H,8-10H2,1-4H3. The zero-order chi connectivity index (χ0) is 12.5. The maximum absolute atomic E-state index is 5.93. The van der Waals surface area contributed by atoms with Crippen molar-refractivity contribution >= 4 is 0 Å². The average molecular weight is 234 g/mol. The van der Waals surface area contributed by atoms with Crippen molar-refractivity contribution in [3.05, 3.63) is 23.9 Å². The SMILES string of the molecule is Cc1cccc(OC2CCN(C(C)(C)C)C2)n1. The molecule has 0 bridgehead atoms. The molecule has 1 aliphatic rings. The number of nitrogens with zero attached hydrogens (tertiary/aromatic N) is 2. The van der Waals surface area contributed by atoms with Crippen molar-refractivity contribution in [3.63, 3.8) is 0 Å². The number of likely N-dealkylation sites (tertiary alicyclic amines) is 1. The van der Waals surface area contributed by atoms with E-state index in [0.717, 1.165) is 31.1 Å². The average Bonchev–Trinajstić information content (AvgIpc) is 2.65. The Morgan fingerprint density at radius 2 is 2.12 bits per heavy atom. The van der Waals surface area contributed by atoms with Gasteiger partial charge in [-0.25, -0.2) is 4.98 Å². The molecule has 94 valence electrons. The van der Waals surface area contributed by atoms with Crippen molar-refractivity contribution in [2.75, 3.05) is 13.1 Å². The van der Waals surface area contributed by atoms with Crippen LogP contribution in [0.1, 0.15) is 32.9 Å². The smallest absolute Gasteiger partial charge is 0.213 e. The summed E-state index contributed by atoms with van der Waals surface area (Å²) in [7, 11) is 0. The number of ether oxygens (including phenoxy) is 1. The van der Waals surface area contributed by atoms with E-state index in [-0.39, 0.29) is 11.6 Å². The Bertz CT molecular complexity index is 384. The molecule has 1 aliphatic heterocycles.